The van der Waals surface area contributed by atoms with Crippen LogP contribution in [0.1, 0.15) is 37.4 Å². The van der Waals surface area contributed by atoms with Crippen molar-refractivity contribution < 1.29 is 46.2 Å². The molecule has 0 radical (unpaired) electrons. The van der Waals surface area contributed by atoms with Gasteiger partial charge in [-0.1, -0.05) is 53.0 Å². The van der Waals surface area contributed by atoms with Gasteiger partial charge in [-0.2, -0.15) is 0 Å². The summed E-state index contributed by atoms with van der Waals surface area (Å²) in [7, 11) is 2.42. The molecule has 1 amide bonds. The van der Waals surface area contributed by atoms with E-state index in [0.717, 1.165) is 28.7 Å². The van der Waals surface area contributed by atoms with Gasteiger partial charge in [0.05, 0.1) is 41.9 Å². The van der Waals surface area contributed by atoms with Crippen LogP contribution in [0, 0.1) is 30.2 Å². The summed E-state index contributed by atoms with van der Waals surface area (Å²) >= 11 is 11.5. The van der Waals surface area contributed by atoms with Gasteiger partial charge in [-0.05, 0) is 79.7 Å². The lowest BCUT2D eigenvalue weighted by Gasteiger charge is -2.23. The average Bonchev–Trinajstić information content (AvgIpc) is 3.13. The molecular weight excluding hydrogens is 727 g/mol. The van der Waals surface area contributed by atoms with Gasteiger partial charge in [0.15, 0.2) is 0 Å². The molecular formula is C38H30Cl2F4N2O6. The van der Waals surface area contributed by atoms with Gasteiger partial charge in [0, 0.05) is 29.0 Å². The molecule has 270 valence electrons. The summed E-state index contributed by atoms with van der Waals surface area (Å²) < 4.78 is 69.6. The van der Waals surface area contributed by atoms with Crippen molar-refractivity contribution >= 4 is 52.6 Å². The monoisotopic (exact) mass is 756 g/mol. The molecule has 0 fully saturated rings. The van der Waals surface area contributed by atoms with Crippen LogP contribution in [0.15, 0.2) is 97.1 Å². The summed E-state index contributed by atoms with van der Waals surface area (Å²) in [5, 5.41) is 2.71. The summed E-state index contributed by atoms with van der Waals surface area (Å²) in [4.78, 5) is 36.9. The third-order valence-electron chi connectivity index (χ3n) is 7.34. The Bertz CT molecular complexity index is 2080. The van der Waals surface area contributed by atoms with Gasteiger partial charge >= 0.3 is 18.0 Å². The molecule has 0 unspecified atom stereocenters. The van der Waals surface area contributed by atoms with Crippen molar-refractivity contribution in [2.75, 3.05) is 24.4 Å². The van der Waals surface area contributed by atoms with Crippen molar-refractivity contribution in [1.29, 1.82) is 0 Å². The third kappa shape index (κ3) is 10.5. The number of rotatable bonds is 9. The second kappa shape index (κ2) is 18.1. The number of carbonyl (C=O) groups excluding carboxylic acids is 3. The number of aryl methyl sites for hydroxylation is 1. The van der Waals surface area contributed by atoms with Crippen LogP contribution in [0.5, 0.6) is 5.75 Å². The summed E-state index contributed by atoms with van der Waals surface area (Å²) in [6, 6.07) is 22.4. The molecule has 8 nitrogen and oxygen atoms in total. The highest BCUT2D eigenvalue weighted by Crippen LogP contribution is 2.27. The van der Waals surface area contributed by atoms with Gasteiger partial charge in [0.1, 0.15) is 29.0 Å². The smallest absolute Gasteiger partial charge is 0.420 e. The van der Waals surface area contributed by atoms with Gasteiger partial charge in [0.2, 0.25) is 0 Å². The predicted molar refractivity (Wildman–Crippen MR) is 189 cm³/mol. The first-order valence-electron chi connectivity index (χ1n) is 15.2. The molecule has 1 N–H and O–H groups in total. The minimum atomic E-state index is -0.817. The number of esters is 2. The van der Waals surface area contributed by atoms with Crippen LogP contribution >= 0.6 is 23.2 Å². The molecule has 52 heavy (non-hydrogen) atoms. The molecule has 0 heterocycles. The summed E-state index contributed by atoms with van der Waals surface area (Å²) in [5.41, 5.74) is 2.40. The zero-order valence-electron chi connectivity index (χ0n) is 27.8. The van der Waals surface area contributed by atoms with Crippen LogP contribution in [0.4, 0.5) is 33.7 Å². The number of nitrogens with zero attached hydrogens (tertiary/aromatic N) is 1. The zero-order chi connectivity index (χ0) is 37.9. The fourth-order valence-corrected chi connectivity index (χ4v) is 4.86. The largest absolute Gasteiger partial charge is 0.465 e. The molecule has 5 rings (SSSR count). The third-order valence-corrected chi connectivity index (χ3v) is 7.92. The molecule has 0 aliphatic rings. The van der Waals surface area contributed by atoms with Crippen molar-refractivity contribution in [1.82, 2.24) is 0 Å². The number of carbonyl (C=O) groups is 3. The van der Waals surface area contributed by atoms with Crippen LogP contribution in [0.25, 0.3) is 0 Å². The first kappa shape index (κ1) is 39.2. The first-order valence-corrected chi connectivity index (χ1v) is 16.0. The SMILES string of the molecule is COC(=O)c1ccc(CN(C(=O)Oc2ccc(C)cc2)c2ccc(F)c(Cl)c2)c(F)c1.COC(=O)c1ccc(CNc2ccc(F)c(Cl)c2)c(F)c1. The van der Waals surface area contributed by atoms with Crippen LogP contribution < -0.4 is 15.0 Å². The lowest BCUT2D eigenvalue weighted by atomic mass is 10.1. The Labute approximate surface area is 306 Å². The quantitative estimate of drug-likeness (QED) is 0.118. The Hall–Kier alpha value is -5.59. The van der Waals surface area contributed by atoms with E-state index in [4.69, 9.17) is 27.9 Å². The maximum atomic E-state index is 14.6. The molecule has 14 heteroatoms. The van der Waals surface area contributed by atoms with E-state index in [2.05, 4.69) is 14.8 Å². The van der Waals surface area contributed by atoms with Crippen LogP contribution in [0.3, 0.4) is 0 Å². The summed E-state index contributed by atoms with van der Waals surface area (Å²) in [5.74, 6) is -3.43. The Morgan fingerprint density at radius 1 is 0.654 bits per heavy atom. The minimum Gasteiger partial charge on any atom is -0.465 e. The molecule has 0 aliphatic heterocycles. The summed E-state index contributed by atoms with van der Waals surface area (Å²) in [6.45, 7) is 1.81. The van der Waals surface area contributed by atoms with E-state index >= 15 is 0 Å². The number of benzene rings is 5. The van der Waals surface area contributed by atoms with E-state index in [1.54, 1.807) is 24.3 Å². The standard InChI is InChI=1S/C23H18ClF2NO4.C15H12ClF2NO2/c1-14-3-8-18(9-4-14)31-23(29)27(17-7-10-20(25)19(24)12-17)13-16-6-5-15(11-21(16)26)22(28)30-2;1-21-15(20)9-2-3-10(14(18)6-9)8-19-11-4-5-13(17)12(16)7-11/h3-12H,13H2,1-2H3;2-7,19H,8H2,1H3. The Morgan fingerprint density at radius 2 is 1.19 bits per heavy atom. The van der Waals surface area contributed by atoms with E-state index in [1.165, 1.54) is 68.8 Å². The minimum absolute atomic E-state index is 0.0125. The number of hydrogen-bond acceptors (Lipinski definition) is 7. The average molecular weight is 758 g/mol. The van der Waals surface area contributed by atoms with E-state index in [1.807, 2.05) is 6.92 Å². The highest BCUT2D eigenvalue weighted by molar-refractivity contribution is 6.31. The van der Waals surface area contributed by atoms with Gasteiger partial charge in [-0.3, -0.25) is 4.90 Å². The van der Waals surface area contributed by atoms with Crippen molar-refractivity contribution in [3.63, 3.8) is 0 Å². The molecule has 0 bridgehead atoms. The molecule has 0 aromatic heterocycles. The number of hydrogen-bond donors (Lipinski definition) is 1. The lowest BCUT2D eigenvalue weighted by molar-refractivity contribution is 0.0591. The highest BCUT2D eigenvalue weighted by Gasteiger charge is 2.22. The van der Waals surface area contributed by atoms with Crippen molar-refractivity contribution in [3.8, 4) is 5.75 Å². The van der Waals surface area contributed by atoms with Gasteiger partial charge in [-0.25, -0.2) is 31.9 Å². The number of halogens is 6. The number of ether oxygens (including phenoxy) is 3. The first-order chi connectivity index (χ1) is 24.8. The van der Waals surface area contributed by atoms with Crippen molar-refractivity contribution in [2.45, 2.75) is 20.0 Å². The molecule has 0 saturated carbocycles. The van der Waals surface area contributed by atoms with Crippen LogP contribution in [0.2, 0.25) is 10.0 Å². The topological polar surface area (TPSA) is 94.2 Å². The van der Waals surface area contributed by atoms with Crippen LogP contribution in [-0.4, -0.2) is 32.3 Å². The summed E-state index contributed by atoms with van der Waals surface area (Å²) in [6.07, 6.45) is -0.817. The van der Waals surface area contributed by atoms with Crippen molar-refractivity contribution in [3.05, 3.63) is 158 Å². The Kier molecular flexibility index (Phi) is 13.6. The molecule has 5 aromatic rings. The number of anilines is 2. The molecule has 0 atom stereocenters. The van der Waals surface area contributed by atoms with E-state index in [-0.39, 0.29) is 51.3 Å². The van der Waals surface area contributed by atoms with E-state index in [9.17, 15) is 31.9 Å². The van der Waals surface area contributed by atoms with Crippen molar-refractivity contribution in [2.24, 2.45) is 0 Å². The fourth-order valence-electron chi connectivity index (χ4n) is 4.51. The van der Waals surface area contributed by atoms with Gasteiger partial charge < -0.3 is 19.5 Å². The maximum Gasteiger partial charge on any atom is 0.420 e. The van der Waals surface area contributed by atoms with Gasteiger partial charge in [-0.15, -0.1) is 0 Å². The molecule has 5 aromatic carbocycles. The number of amides is 1. The van der Waals surface area contributed by atoms with Crippen LogP contribution in [-0.2, 0) is 22.6 Å². The normalized spacial score (nSPS) is 10.4. The van der Waals surface area contributed by atoms with E-state index in [0.29, 0.717) is 11.3 Å². The number of methoxy groups -OCH3 is 2. The predicted octanol–water partition coefficient (Wildman–Crippen LogP) is 9.94. The molecule has 0 spiro atoms. The van der Waals surface area contributed by atoms with E-state index < -0.39 is 41.3 Å². The Balaban J connectivity index is 0.000000251. The zero-order valence-corrected chi connectivity index (χ0v) is 29.3. The Morgan fingerprint density at radius 3 is 1.71 bits per heavy atom. The lowest BCUT2D eigenvalue weighted by Crippen LogP contribution is -2.33. The molecule has 0 saturated heterocycles. The van der Waals surface area contributed by atoms with Gasteiger partial charge in [0.25, 0.3) is 0 Å². The highest BCUT2D eigenvalue weighted by atomic mass is 35.5. The maximum absolute atomic E-state index is 14.6. The second-order valence-corrected chi connectivity index (χ2v) is 11.8. The molecule has 0 aliphatic carbocycles. The fraction of sp³-hybridized carbons (Fsp3) is 0.132. The number of nitrogens with one attached hydrogen (secondary N) is 1. The second-order valence-electron chi connectivity index (χ2n) is 10.9.